The fourth-order valence-corrected chi connectivity index (χ4v) is 0.458. The minimum absolute atomic E-state index is 0.575. The largest absolute Gasteiger partial charge is 0.502 e. The lowest BCUT2D eigenvalue weighted by Gasteiger charge is -1.93. The van der Waals surface area contributed by atoms with E-state index in [0.717, 1.165) is 19.3 Å². The van der Waals surface area contributed by atoms with Gasteiger partial charge < -0.3 is 14.6 Å². The van der Waals surface area contributed by atoms with Gasteiger partial charge in [0.1, 0.15) is 0 Å². The summed E-state index contributed by atoms with van der Waals surface area (Å²) in [5, 5.41) is 8.89. The second-order valence-electron chi connectivity index (χ2n) is 1.93. The van der Waals surface area contributed by atoms with E-state index >= 15 is 0 Å². The molecule has 0 aliphatic rings. The first kappa shape index (κ1) is 11.2. The first-order valence-electron chi connectivity index (χ1n) is 3.35. The number of esters is 2. The molecule has 0 rings (SSSR count). The number of allylic oxidation sites excluding steroid dienone is 2. The number of aliphatic hydroxyl groups is 1. The van der Waals surface area contributed by atoms with Crippen LogP contribution in [0.25, 0.3) is 0 Å². The summed E-state index contributed by atoms with van der Waals surface area (Å²) in [5.74, 6) is -2.02. The summed E-state index contributed by atoms with van der Waals surface area (Å²) in [6.07, 6.45) is 3.26. The van der Waals surface area contributed by atoms with Crippen LogP contribution in [-0.4, -0.2) is 31.3 Å². The van der Waals surface area contributed by atoms with E-state index < -0.39 is 17.7 Å². The molecule has 5 nitrogen and oxygen atoms in total. The first-order chi connectivity index (χ1) is 6.11. The van der Waals surface area contributed by atoms with Crippen LogP contribution in [-0.2, 0) is 19.1 Å². The molecule has 0 aromatic heterocycles. The van der Waals surface area contributed by atoms with Gasteiger partial charge in [-0.1, -0.05) is 6.08 Å². The molecule has 0 aromatic carbocycles. The maximum absolute atomic E-state index is 10.6. The molecular weight excluding hydrogens is 176 g/mol. The Labute approximate surface area is 75.3 Å². The topological polar surface area (TPSA) is 72.8 Å². The Balaban J connectivity index is 4.18. The minimum atomic E-state index is -0.866. The fraction of sp³-hybridized carbons (Fsp3) is 0.250. The Morgan fingerprint density at radius 3 is 2.31 bits per heavy atom. The van der Waals surface area contributed by atoms with Crippen LogP contribution in [0.2, 0.25) is 0 Å². The van der Waals surface area contributed by atoms with Gasteiger partial charge in [0.15, 0.2) is 0 Å². The molecule has 0 saturated carbocycles. The number of ether oxygens (including phenoxy) is 2. The number of aliphatic hydroxyl groups excluding tert-OH is 1. The molecule has 0 amide bonds. The van der Waals surface area contributed by atoms with E-state index in [0.29, 0.717) is 0 Å². The van der Waals surface area contributed by atoms with Gasteiger partial charge in [0.25, 0.3) is 0 Å². The number of methoxy groups -OCH3 is 2. The molecule has 0 aliphatic carbocycles. The zero-order valence-corrected chi connectivity index (χ0v) is 7.31. The van der Waals surface area contributed by atoms with Crippen LogP contribution in [0.4, 0.5) is 0 Å². The zero-order chi connectivity index (χ0) is 10.3. The molecule has 13 heavy (non-hydrogen) atoms. The van der Waals surface area contributed by atoms with Crippen molar-refractivity contribution in [2.45, 2.75) is 0 Å². The average molecular weight is 186 g/mol. The molecule has 0 radical (unpaired) electrons. The first-order valence-corrected chi connectivity index (χ1v) is 3.35. The van der Waals surface area contributed by atoms with Crippen LogP contribution < -0.4 is 0 Å². The Morgan fingerprint density at radius 2 is 1.85 bits per heavy atom. The van der Waals surface area contributed by atoms with E-state index in [4.69, 9.17) is 5.11 Å². The van der Waals surface area contributed by atoms with Crippen LogP contribution in [0.5, 0.6) is 0 Å². The molecule has 0 aliphatic heterocycles. The summed E-state index contributed by atoms with van der Waals surface area (Å²) in [6.45, 7) is 0. The lowest BCUT2D eigenvalue weighted by atomic mass is 10.4. The maximum Gasteiger partial charge on any atom is 0.373 e. The number of rotatable bonds is 3. The smallest absolute Gasteiger partial charge is 0.373 e. The summed E-state index contributed by atoms with van der Waals surface area (Å²) < 4.78 is 8.45. The molecular formula is C8H10O5. The lowest BCUT2D eigenvalue weighted by Crippen LogP contribution is -2.03. The van der Waals surface area contributed by atoms with E-state index in [9.17, 15) is 9.59 Å². The van der Waals surface area contributed by atoms with Gasteiger partial charge in [0.05, 0.1) is 14.2 Å². The number of hydrogen-bond donors (Lipinski definition) is 1. The van der Waals surface area contributed by atoms with Crippen molar-refractivity contribution >= 4 is 11.9 Å². The highest BCUT2D eigenvalue weighted by molar-refractivity contribution is 5.86. The molecule has 72 valence electrons. The van der Waals surface area contributed by atoms with Gasteiger partial charge in [0.2, 0.25) is 5.76 Å². The van der Waals surface area contributed by atoms with Crippen molar-refractivity contribution in [1.82, 2.24) is 0 Å². The highest BCUT2D eigenvalue weighted by atomic mass is 16.5. The van der Waals surface area contributed by atoms with Gasteiger partial charge in [-0.05, 0) is 6.08 Å². The number of carbonyl (C=O) groups excluding carboxylic acids is 2. The molecule has 0 aromatic rings. The van der Waals surface area contributed by atoms with Crippen LogP contribution >= 0.6 is 0 Å². The van der Waals surface area contributed by atoms with Gasteiger partial charge in [-0.2, -0.15) is 0 Å². The highest BCUT2D eigenvalue weighted by Crippen LogP contribution is 1.92. The highest BCUT2D eigenvalue weighted by Gasteiger charge is 2.03. The van der Waals surface area contributed by atoms with Crippen molar-refractivity contribution in [3.63, 3.8) is 0 Å². The SMILES string of the molecule is COC(=O)/C=C/C=C(\O)C(=O)OC. The standard InChI is InChI=1S/C8H10O5/c1-12-7(10)5-3-4-6(9)8(11)13-2/h3-5,9H,1-2H3/b5-3+,6-4-. The third-order valence-electron chi connectivity index (χ3n) is 1.08. The number of hydrogen-bond acceptors (Lipinski definition) is 5. The van der Waals surface area contributed by atoms with Crippen LogP contribution in [0.15, 0.2) is 24.0 Å². The quantitative estimate of drug-likeness (QED) is 0.297. The van der Waals surface area contributed by atoms with Gasteiger partial charge in [0, 0.05) is 6.08 Å². The monoisotopic (exact) mass is 186 g/mol. The number of carbonyl (C=O) groups is 2. The summed E-state index contributed by atoms with van der Waals surface area (Å²) in [7, 11) is 2.35. The normalized spacial score (nSPS) is 11.4. The third-order valence-corrected chi connectivity index (χ3v) is 1.08. The van der Waals surface area contributed by atoms with E-state index in [2.05, 4.69) is 9.47 Å². The van der Waals surface area contributed by atoms with Gasteiger partial charge in [-0.3, -0.25) is 0 Å². The van der Waals surface area contributed by atoms with Gasteiger partial charge in [-0.15, -0.1) is 0 Å². The predicted octanol–water partition coefficient (Wildman–Crippen LogP) is 0.330. The summed E-state index contributed by atoms with van der Waals surface area (Å²) in [4.78, 5) is 21.1. The van der Waals surface area contributed by atoms with Gasteiger partial charge in [-0.25, -0.2) is 9.59 Å². The third kappa shape index (κ3) is 4.62. The van der Waals surface area contributed by atoms with Crippen LogP contribution in [0.3, 0.4) is 0 Å². The molecule has 0 bridgehead atoms. The molecule has 5 heteroatoms. The summed E-state index contributed by atoms with van der Waals surface area (Å²) in [6, 6.07) is 0. The summed E-state index contributed by atoms with van der Waals surface area (Å²) in [5.41, 5.74) is 0. The average Bonchev–Trinajstić information content (AvgIpc) is 2.15. The Hall–Kier alpha value is -1.78. The molecule has 0 unspecified atom stereocenters. The zero-order valence-electron chi connectivity index (χ0n) is 7.31. The lowest BCUT2D eigenvalue weighted by molar-refractivity contribution is -0.139. The van der Waals surface area contributed by atoms with E-state index in [-0.39, 0.29) is 0 Å². The molecule has 0 atom stereocenters. The van der Waals surface area contributed by atoms with Crippen molar-refractivity contribution in [3.8, 4) is 0 Å². The Morgan fingerprint density at radius 1 is 1.23 bits per heavy atom. The van der Waals surface area contributed by atoms with E-state index in [1.807, 2.05) is 0 Å². The molecule has 0 spiro atoms. The van der Waals surface area contributed by atoms with Crippen LogP contribution in [0, 0.1) is 0 Å². The maximum atomic E-state index is 10.6. The van der Waals surface area contributed by atoms with Gasteiger partial charge >= 0.3 is 11.9 Å². The fourth-order valence-electron chi connectivity index (χ4n) is 0.458. The van der Waals surface area contributed by atoms with Crippen molar-refractivity contribution in [1.29, 1.82) is 0 Å². The predicted molar refractivity (Wildman–Crippen MR) is 43.9 cm³/mol. The van der Waals surface area contributed by atoms with E-state index in [1.165, 1.54) is 13.2 Å². The minimum Gasteiger partial charge on any atom is -0.502 e. The second kappa shape index (κ2) is 5.82. The summed E-state index contributed by atoms with van der Waals surface area (Å²) >= 11 is 0. The Bertz CT molecular complexity index is 251. The van der Waals surface area contributed by atoms with Crippen molar-refractivity contribution in [2.24, 2.45) is 0 Å². The van der Waals surface area contributed by atoms with E-state index in [1.54, 1.807) is 0 Å². The van der Waals surface area contributed by atoms with Crippen molar-refractivity contribution < 1.29 is 24.2 Å². The van der Waals surface area contributed by atoms with Crippen molar-refractivity contribution in [3.05, 3.63) is 24.0 Å². The molecule has 0 fully saturated rings. The molecule has 1 N–H and O–H groups in total. The second-order valence-corrected chi connectivity index (χ2v) is 1.93. The van der Waals surface area contributed by atoms with Crippen LogP contribution in [0.1, 0.15) is 0 Å². The van der Waals surface area contributed by atoms with Crippen molar-refractivity contribution in [2.75, 3.05) is 14.2 Å². The molecule has 0 heterocycles. The Kier molecular flexibility index (Phi) is 5.02. The molecule has 0 saturated heterocycles.